The molecule has 0 saturated heterocycles. The fraction of sp³-hybridized carbons (Fsp3) is 1.00. The average Bonchev–Trinajstić information content (AvgIpc) is 1.35. The number of alkyl halides is 1. The van der Waals surface area contributed by atoms with Gasteiger partial charge in [-0.05, 0) is 0 Å². The molecular weight excluding hydrogens is 122 g/mol. The first-order valence-electron chi connectivity index (χ1n) is 1.45. The Bertz CT molecular complexity index is 79.5. The van der Waals surface area contributed by atoms with Crippen LogP contribution >= 0.6 is 19.3 Å². The van der Waals surface area contributed by atoms with Gasteiger partial charge in [0.25, 0.3) is 0 Å². The van der Waals surface area contributed by atoms with E-state index in [0.29, 0.717) is 0 Å². The van der Waals surface area contributed by atoms with Gasteiger partial charge in [-0.2, -0.15) is 0 Å². The molecule has 0 fully saturated rings. The van der Waals surface area contributed by atoms with Crippen molar-refractivity contribution in [1.29, 1.82) is 0 Å². The minimum Gasteiger partial charge on any atom is -0.237 e. The van der Waals surface area contributed by atoms with Gasteiger partial charge in [-0.25, -0.2) is 9.13 Å². The topological polar surface area (TPSA) is 34.1 Å². The van der Waals surface area contributed by atoms with Crippen LogP contribution < -0.4 is 0 Å². The second-order valence-corrected chi connectivity index (χ2v) is 2.24. The van der Waals surface area contributed by atoms with Crippen LogP contribution in [-0.4, -0.2) is 12.0 Å². The van der Waals surface area contributed by atoms with E-state index in [1.54, 1.807) is 0 Å². The zero-order chi connectivity index (χ0) is 4.99. The largest absolute Gasteiger partial charge is 0.316 e. The molecule has 2 nitrogen and oxygen atoms in total. The lowest BCUT2D eigenvalue weighted by Crippen LogP contribution is -1.68. The monoisotopic (exact) mass is 126 g/mol. The maximum atomic E-state index is 9.55. The van der Waals surface area contributed by atoms with Gasteiger partial charge in [-0.15, -0.1) is 11.6 Å². The molecule has 0 unspecified atom stereocenters. The van der Waals surface area contributed by atoms with Crippen molar-refractivity contribution in [3.8, 4) is 0 Å². The molecule has 0 heterocycles. The van der Waals surface area contributed by atoms with Crippen LogP contribution in [0.1, 0.15) is 0 Å². The maximum Gasteiger partial charge on any atom is 0.316 e. The van der Waals surface area contributed by atoms with Crippen molar-refractivity contribution in [2.45, 2.75) is 0 Å². The van der Waals surface area contributed by atoms with E-state index >= 15 is 0 Å². The smallest absolute Gasteiger partial charge is 0.237 e. The lowest BCUT2D eigenvalue weighted by Gasteiger charge is -1.66. The minimum absolute atomic E-state index is 0.0941. The highest BCUT2D eigenvalue weighted by atomic mass is 35.5. The summed E-state index contributed by atoms with van der Waals surface area (Å²) in [5.74, 6) is 0.207. The summed E-state index contributed by atoms with van der Waals surface area (Å²) >= 11 is 5.01. The first-order valence-corrected chi connectivity index (χ1v) is 3.35. The van der Waals surface area contributed by atoms with Crippen molar-refractivity contribution in [3.05, 3.63) is 0 Å². The number of hydrogen-bond donors (Lipinski definition) is 0. The lowest BCUT2D eigenvalue weighted by molar-refractivity contribution is 0.516. The Morgan fingerprint density at radius 3 is 2.00 bits per heavy atom. The molecule has 0 spiro atoms. The average molecular weight is 126 g/mol. The molecule has 0 aromatic carbocycles. The summed E-state index contributed by atoms with van der Waals surface area (Å²) in [7, 11) is -2.23. The van der Waals surface area contributed by atoms with Crippen LogP contribution in [-0.2, 0) is 9.13 Å². The number of halogens is 1. The highest BCUT2D eigenvalue weighted by molar-refractivity contribution is 7.30. The summed E-state index contributed by atoms with van der Waals surface area (Å²) in [6.45, 7) is 0. The van der Waals surface area contributed by atoms with Crippen molar-refractivity contribution in [1.82, 2.24) is 0 Å². The van der Waals surface area contributed by atoms with Crippen LogP contribution in [0, 0.1) is 0 Å². The SMILES string of the molecule is O=P(=O)CCCl. The third-order valence-corrected chi connectivity index (χ3v) is 1.31. The first-order chi connectivity index (χ1) is 2.77. The van der Waals surface area contributed by atoms with E-state index in [1.165, 1.54) is 0 Å². The summed E-state index contributed by atoms with van der Waals surface area (Å²) < 4.78 is 19.1. The summed E-state index contributed by atoms with van der Waals surface area (Å²) in [5, 5.41) is 0. The lowest BCUT2D eigenvalue weighted by atomic mass is 11.0. The summed E-state index contributed by atoms with van der Waals surface area (Å²) in [6, 6.07) is 0. The predicted octanol–water partition coefficient (Wildman–Crippen LogP) is 1.40. The molecule has 0 rings (SSSR count). The maximum absolute atomic E-state index is 9.55. The van der Waals surface area contributed by atoms with Gasteiger partial charge in [0, 0.05) is 5.88 Å². The van der Waals surface area contributed by atoms with E-state index in [-0.39, 0.29) is 12.0 Å². The third-order valence-electron chi connectivity index (χ3n) is 0.267. The van der Waals surface area contributed by atoms with Gasteiger partial charge in [0.1, 0.15) is 0 Å². The zero-order valence-electron chi connectivity index (χ0n) is 3.06. The predicted molar refractivity (Wildman–Crippen MR) is 23.9 cm³/mol. The molecule has 0 aromatic heterocycles. The molecule has 0 aliphatic carbocycles. The molecule has 0 aromatic rings. The molecule has 0 amide bonds. The van der Waals surface area contributed by atoms with Gasteiger partial charge < -0.3 is 0 Å². The van der Waals surface area contributed by atoms with Gasteiger partial charge in [0.15, 0.2) is 0 Å². The first kappa shape index (κ1) is 6.19. The van der Waals surface area contributed by atoms with E-state index in [2.05, 4.69) is 0 Å². The van der Waals surface area contributed by atoms with Gasteiger partial charge >= 0.3 is 7.68 Å². The van der Waals surface area contributed by atoms with Gasteiger partial charge in [-0.3, -0.25) is 0 Å². The van der Waals surface area contributed by atoms with Gasteiger partial charge in [0.05, 0.1) is 6.16 Å². The zero-order valence-corrected chi connectivity index (χ0v) is 4.71. The fourth-order valence-corrected chi connectivity index (χ4v) is 0.621. The van der Waals surface area contributed by atoms with Crippen LogP contribution in [0.15, 0.2) is 0 Å². The van der Waals surface area contributed by atoms with Crippen molar-refractivity contribution in [3.63, 3.8) is 0 Å². The van der Waals surface area contributed by atoms with Crippen LogP contribution in [0.4, 0.5) is 0 Å². The van der Waals surface area contributed by atoms with E-state index in [9.17, 15) is 9.13 Å². The van der Waals surface area contributed by atoms with Crippen molar-refractivity contribution >= 4 is 19.3 Å². The minimum atomic E-state index is -2.23. The molecule has 0 N–H and O–H groups in total. The van der Waals surface area contributed by atoms with Crippen molar-refractivity contribution < 1.29 is 9.13 Å². The molecule has 4 heteroatoms. The van der Waals surface area contributed by atoms with E-state index in [0.717, 1.165) is 0 Å². The Morgan fingerprint density at radius 2 is 2.00 bits per heavy atom. The quantitative estimate of drug-likeness (QED) is 0.414. The van der Waals surface area contributed by atoms with Crippen LogP contribution in [0.5, 0.6) is 0 Å². The molecule has 0 aliphatic heterocycles. The van der Waals surface area contributed by atoms with Gasteiger partial charge in [0.2, 0.25) is 0 Å². The third kappa shape index (κ3) is 4.19. The molecule has 0 saturated carbocycles. The molecule has 0 aliphatic rings. The number of hydrogen-bond acceptors (Lipinski definition) is 2. The summed E-state index contributed by atoms with van der Waals surface area (Å²) in [5.41, 5.74) is 0. The molecule has 0 bridgehead atoms. The van der Waals surface area contributed by atoms with Crippen molar-refractivity contribution in [2.24, 2.45) is 0 Å². The highest BCUT2D eigenvalue weighted by Crippen LogP contribution is 2.00. The van der Waals surface area contributed by atoms with Crippen LogP contribution in [0.25, 0.3) is 0 Å². The van der Waals surface area contributed by atoms with Crippen LogP contribution in [0.2, 0.25) is 0 Å². The number of rotatable bonds is 2. The van der Waals surface area contributed by atoms with Crippen LogP contribution in [0.3, 0.4) is 0 Å². The van der Waals surface area contributed by atoms with Gasteiger partial charge in [-0.1, -0.05) is 0 Å². The molecule has 0 atom stereocenters. The van der Waals surface area contributed by atoms with E-state index in [1.807, 2.05) is 0 Å². The molecule has 6 heavy (non-hydrogen) atoms. The molecule has 36 valence electrons. The second kappa shape index (κ2) is 3.38. The normalized spacial score (nSPS) is 8.17. The summed E-state index contributed by atoms with van der Waals surface area (Å²) in [6.07, 6.45) is 0.0941. The second-order valence-electron chi connectivity index (χ2n) is 0.745. The Morgan fingerprint density at radius 1 is 1.50 bits per heavy atom. The molecule has 0 radical (unpaired) electrons. The van der Waals surface area contributed by atoms with E-state index in [4.69, 9.17) is 11.6 Å². The Balaban J connectivity index is 3.07. The molecular formula is C2H4ClO2P. The Labute approximate surface area is 41.3 Å². The van der Waals surface area contributed by atoms with Crippen molar-refractivity contribution in [2.75, 3.05) is 12.0 Å². The van der Waals surface area contributed by atoms with E-state index < -0.39 is 7.68 Å². The fourth-order valence-electron chi connectivity index (χ4n) is 0.0690. The Kier molecular flexibility index (Phi) is 3.49. The highest BCUT2D eigenvalue weighted by Gasteiger charge is 1.83. The Hall–Kier alpha value is 0.190. The standard InChI is InChI=1S/C2H4ClO2P/c3-1-2-6(4)5/h1-2H2. The summed E-state index contributed by atoms with van der Waals surface area (Å²) in [4.78, 5) is 0.